The molecule has 0 saturated carbocycles. The number of anilines is 1. The Morgan fingerprint density at radius 1 is 0.926 bits per heavy atom. The lowest BCUT2D eigenvalue weighted by Crippen LogP contribution is -2.15. The Morgan fingerprint density at radius 3 is 2.37 bits per heavy atom. The Labute approximate surface area is 169 Å². The van der Waals surface area contributed by atoms with E-state index >= 15 is 0 Å². The Balaban J connectivity index is 1.82. The van der Waals surface area contributed by atoms with E-state index in [9.17, 15) is 8.42 Å². The van der Waals surface area contributed by atoms with Crippen LogP contribution in [0.25, 0.3) is 11.1 Å². The van der Waals surface area contributed by atoms with Gasteiger partial charge in [-0.25, -0.2) is 8.42 Å². The van der Waals surface area contributed by atoms with Crippen LogP contribution >= 0.6 is 23.2 Å². The summed E-state index contributed by atoms with van der Waals surface area (Å²) in [4.78, 5) is 4.17. The molecule has 3 rings (SSSR count). The molecular formula is C20H18Cl2N2O2S. The Hall–Kier alpha value is -2.08. The molecule has 0 aliphatic rings. The third-order valence-electron chi connectivity index (χ3n) is 4.17. The first-order chi connectivity index (χ1) is 12.7. The van der Waals surface area contributed by atoms with Gasteiger partial charge in [0, 0.05) is 23.6 Å². The maximum atomic E-state index is 12.5. The van der Waals surface area contributed by atoms with E-state index in [4.69, 9.17) is 23.2 Å². The molecule has 0 fully saturated rings. The van der Waals surface area contributed by atoms with Gasteiger partial charge in [0.2, 0.25) is 10.0 Å². The minimum Gasteiger partial charge on any atom is -0.283 e. The van der Waals surface area contributed by atoms with Gasteiger partial charge in [0.1, 0.15) is 0 Å². The van der Waals surface area contributed by atoms with Gasteiger partial charge >= 0.3 is 0 Å². The van der Waals surface area contributed by atoms with E-state index in [-0.39, 0.29) is 5.75 Å². The molecule has 4 nitrogen and oxygen atoms in total. The van der Waals surface area contributed by atoms with Crippen LogP contribution in [0.5, 0.6) is 0 Å². The van der Waals surface area contributed by atoms with Crippen molar-refractivity contribution >= 4 is 38.9 Å². The molecule has 0 radical (unpaired) electrons. The van der Waals surface area contributed by atoms with Gasteiger partial charge in [-0.2, -0.15) is 0 Å². The average molecular weight is 421 g/mol. The third kappa shape index (κ3) is 4.80. The summed E-state index contributed by atoms with van der Waals surface area (Å²) in [5.41, 5.74) is 5.20. The molecule has 0 bridgehead atoms. The van der Waals surface area contributed by atoms with E-state index in [1.54, 1.807) is 30.5 Å². The highest BCUT2D eigenvalue weighted by Gasteiger charge is 2.14. The molecule has 1 heterocycles. The Kier molecular flexibility index (Phi) is 5.75. The smallest absolute Gasteiger partial charge is 0.236 e. The number of hydrogen-bond donors (Lipinski definition) is 1. The number of pyridine rings is 1. The number of rotatable bonds is 5. The molecule has 0 unspecified atom stereocenters. The van der Waals surface area contributed by atoms with E-state index in [1.807, 2.05) is 38.2 Å². The summed E-state index contributed by atoms with van der Waals surface area (Å²) in [6, 6.07) is 12.2. The molecule has 0 aliphatic carbocycles. The molecule has 0 atom stereocenters. The quantitative estimate of drug-likeness (QED) is 0.582. The number of benzene rings is 2. The summed E-state index contributed by atoms with van der Waals surface area (Å²) >= 11 is 11.8. The molecule has 3 aromatic rings. The van der Waals surface area contributed by atoms with Crippen molar-refractivity contribution in [3.05, 3.63) is 81.6 Å². The minimum atomic E-state index is -3.58. The van der Waals surface area contributed by atoms with Gasteiger partial charge in [-0.3, -0.25) is 9.71 Å². The highest BCUT2D eigenvalue weighted by Crippen LogP contribution is 2.29. The monoisotopic (exact) mass is 420 g/mol. The van der Waals surface area contributed by atoms with Crippen LogP contribution in [0.15, 0.2) is 54.9 Å². The predicted molar refractivity (Wildman–Crippen MR) is 112 cm³/mol. The van der Waals surface area contributed by atoms with Crippen LogP contribution in [0.3, 0.4) is 0 Å². The van der Waals surface area contributed by atoms with Crippen LogP contribution in [0.4, 0.5) is 5.69 Å². The topological polar surface area (TPSA) is 59.1 Å². The van der Waals surface area contributed by atoms with E-state index in [0.717, 1.165) is 22.3 Å². The van der Waals surface area contributed by atoms with Crippen molar-refractivity contribution < 1.29 is 8.42 Å². The molecule has 2 aromatic carbocycles. The average Bonchev–Trinajstić information content (AvgIpc) is 2.59. The van der Waals surface area contributed by atoms with Crippen molar-refractivity contribution in [2.24, 2.45) is 0 Å². The number of halogens is 2. The largest absolute Gasteiger partial charge is 0.283 e. The van der Waals surface area contributed by atoms with Crippen LogP contribution in [0.1, 0.15) is 16.7 Å². The normalized spacial score (nSPS) is 11.4. The van der Waals surface area contributed by atoms with Crippen LogP contribution in [-0.4, -0.2) is 13.4 Å². The lowest BCUT2D eigenvalue weighted by Gasteiger charge is -2.13. The fraction of sp³-hybridized carbons (Fsp3) is 0.150. The Bertz CT molecular complexity index is 1100. The van der Waals surface area contributed by atoms with Crippen molar-refractivity contribution in [3.8, 4) is 11.1 Å². The van der Waals surface area contributed by atoms with E-state index in [2.05, 4.69) is 9.71 Å². The van der Waals surface area contributed by atoms with Gasteiger partial charge in [0.05, 0.1) is 15.8 Å². The van der Waals surface area contributed by atoms with Gasteiger partial charge in [0.15, 0.2) is 0 Å². The molecule has 1 aromatic heterocycles. The maximum absolute atomic E-state index is 12.5. The van der Waals surface area contributed by atoms with Crippen LogP contribution in [-0.2, 0) is 15.8 Å². The van der Waals surface area contributed by atoms with Crippen LogP contribution < -0.4 is 4.72 Å². The predicted octanol–water partition coefficient (Wildman–Crippen LogP) is 5.61. The summed E-state index contributed by atoms with van der Waals surface area (Å²) in [5.74, 6) is -0.188. The van der Waals surface area contributed by atoms with Crippen molar-refractivity contribution in [2.75, 3.05) is 4.72 Å². The van der Waals surface area contributed by atoms with Gasteiger partial charge in [0.25, 0.3) is 0 Å². The van der Waals surface area contributed by atoms with Crippen molar-refractivity contribution in [1.82, 2.24) is 4.98 Å². The van der Waals surface area contributed by atoms with E-state index in [0.29, 0.717) is 21.3 Å². The van der Waals surface area contributed by atoms with Gasteiger partial charge in [-0.1, -0.05) is 35.3 Å². The summed E-state index contributed by atoms with van der Waals surface area (Å²) < 4.78 is 27.6. The van der Waals surface area contributed by atoms with E-state index < -0.39 is 10.0 Å². The van der Waals surface area contributed by atoms with Crippen molar-refractivity contribution in [2.45, 2.75) is 19.6 Å². The summed E-state index contributed by atoms with van der Waals surface area (Å²) in [7, 11) is -3.58. The summed E-state index contributed by atoms with van der Waals surface area (Å²) in [5, 5.41) is 0.721. The van der Waals surface area contributed by atoms with Crippen LogP contribution in [0, 0.1) is 13.8 Å². The molecule has 0 saturated heterocycles. The zero-order chi connectivity index (χ0) is 19.6. The van der Waals surface area contributed by atoms with Gasteiger partial charge in [-0.05, 0) is 66.4 Å². The van der Waals surface area contributed by atoms with Crippen molar-refractivity contribution in [1.29, 1.82) is 0 Å². The number of sulfonamides is 1. The number of aromatic nitrogens is 1. The molecule has 27 heavy (non-hydrogen) atoms. The highest BCUT2D eigenvalue weighted by molar-refractivity contribution is 7.91. The van der Waals surface area contributed by atoms with E-state index in [1.165, 1.54) is 0 Å². The number of aryl methyl sites for hydroxylation is 2. The zero-order valence-corrected chi connectivity index (χ0v) is 17.2. The second kappa shape index (κ2) is 7.89. The maximum Gasteiger partial charge on any atom is 0.236 e. The number of nitrogens with zero attached hydrogens (tertiary/aromatic N) is 1. The second-order valence-electron chi connectivity index (χ2n) is 6.33. The molecule has 140 valence electrons. The Morgan fingerprint density at radius 2 is 1.70 bits per heavy atom. The SMILES string of the molecule is Cc1cc(NS(=O)(=O)Cc2ccc(Cl)c(Cl)c2)ccc1-c1cnccc1C. The molecular weight excluding hydrogens is 403 g/mol. The first-order valence-electron chi connectivity index (χ1n) is 8.21. The minimum absolute atomic E-state index is 0.188. The first kappa shape index (κ1) is 19.7. The lowest BCUT2D eigenvalue weighted by atomic mass is 9.98. The van der Waals surface area contributed by atoms with Gasteiger partial charge < -0.3 is 0 Å². The summed E-state index contributed by atoms with van der Waals surface area (Å²) in [6.45, 7) is 3.96. The zero-order valence-electron chi connectivity index (χ0n) is 14.8. The fourth-order valence-corrected chi connectivity index (χ4v) is 4.34. The molecule has 0 amide bonds. The second-order valence-corrected chi connectivity index (χ2v) is 8.87. The lowest BCUT2D eigenvalue weighted by molar-refractivity contribution is 0.600. The van der Waals surface area contributed by atoms with Crippen LogP contribution in [0.2, 0.25) is 10.0 Å². The van der Waals surface area contributed by atoms with Crippen molar-refractivity contribution in [3.63, 3.8) is 0 Å². The van der Waals surface area contributed by atoms with Gasteiger partial charge in [-0.15, -0.1) is 0 Å². The standard InChI is InChI=1S/C20H18Cl2N2O2S/c1-13-7-8-23-11-18(13)17-5-4-16(9-14(17)2)24-27(25,26)12-15-3-6-19(21)20(22)10-15/h3-11,24H,12H2,1-2H3. The number of hydrogen-bond acceptors (Lipinski definition) is 3. The molecule has 0 aliphatic heterocycles. The highest BCUT2D eigenvalue weighted by atomic mass is 35.5. The third-order valence-corrected chi connectivity index (χ3v) is 6.17. The summed E-state index contributed by atoms with van der Waals surface area (Å²) in [6.07, 6.45) is 3.56. The molecule has 7 heteroatoms. The fourth-order valence-electron chi connectivity index (χ4n) is 2.84. The molecule has 0 spiro atoms. The first-order valence-corrected chi connectivity index (χ1v) is 10.6. The number of nitrogens with one attached hydrogen (secondary N) is 1. The molecule has 1 N–H and O–H groups in total.